The normalized spacial score (nSPS) is 12.8. The summed E-state index contributed by atoms with van der Waals surface area (Å²) in [5.74, 6) is -0.298. The fraction of sp³-hybridized carbons (Fsp3) is 0.130. The van der Waals surface area contributed by atoms with E-state index in [1.807, 2.05) is 23.1 Å². The van der Waals surface area contributed by atoms with Crippen LogP contribution in [0, 0.1) is 5.82 Å². The Bertz CT molecular complexity index is 1380. The minimum absolute atomic E-state index is 0.0658. The van der Waals surface area contributed by atoms with Crippen LogP contribution in [0.4, 0.5) is 15.9 Å². The van der Waals surface area contributed by atoms with Gasteiger partial charge in [0.1, 0.15) is 18.0 Å². The number of hydrogen-bond donors (Lipinski definition) is 1. The van der Waals surface area contributed by atoms with Gasteiger partial charge in [-0.3, -0.25) is 15.0 Å². The summed E-state index contributed by atoms with van der Waals surface area (Å²) in [6, 6.07) is 10.5. The zero-order valence-electron chi connectivity index (χ0n) is 17.0. The molecule has 0 aliphatic carbocycles. The van der Waals surface area contributed by atoms with E-state index in [1.54, 1.807) is 18.3 Å². The molecule has 3 heterocycles. The quantitative estimate of drug-likeness (QED) is 0.362. The first-order valence-corrected chi connectivity index (χ1v) is 10.2. The van der Waals surface area contributed by atoms with Gasteiger partial charge in [-0.05, 0) is 47.9 Å². The summed E-state index contributed by atoms with van der Waals surface area (Å²) in [5.41, 5.74) is 4.23. The van der Waals surface area contributed by atoms with Crippen molar-refractivity contribution in [1.82, 2.24) is 20.0 Å². The summed E-state index contributed by atoms with van der Waals surface area (Å²) in [4.78, 5) is 27.1. The number of rotatable bonds is 3. The minimum Gasteiger partial charge on any atom is -0.325 e. The first-order valence-electron chi connectivity index (χ1n) is 9.85. The fourth-order valence-corrected chi connectivity index (χ4v) is 4.10. The summed E-state index contributed by atoms with van der Waals surface area (Å²) < 4.78 is 13.9. The highest BCUT2D eigenvalue weighted by Gasteiger charge is 2.25. The topological polar surface area (TPSA) is 82.4 Å². The molecular weight excluding hydrogens is 433 g/mol. The van der Waals surface area contributed by atoms with E-state index in [-0.39, 0.29) is 10.6 Å². The highest BCUT2D eigenvalue weighted by atomic mass is 35.5. The Kier molecular flexibility index (Phi) is 4.96. The monoisotopic (exact) mass is 449 g/mol. The first-order chi connectivity index (χ1) is 15.4. The molecule has 7 nitrogen and oxygen atoms in total. The van der Waals surface area contributed by atoms with E-state index in [0.29, 0.717) is 29.4 Å². The maximum absolute atomic E-state index is 13.9. The number of hydrogen-bond acceptors (Lipinski definition) is 6. The van der Waals surface area contributed by atoms with Crippen molar-refractivity contribution in [2.45, 2.75) is 6.42 Å². The molecule has 0 spiro atoms. The average Bonchev–Trinajstić information content (AvgIpc) is 3.20. The maximum atomic E-state index is 13.9. The summed E-state index contributed by atoms with van der Waals surface area (Å²) in [6.07, 6.45) is 5.22. The van der Waals surface area contributed by atoms with Gasteiger partial charge in [0.05, 0.1) is 16.1 Å². The molecule has 0 radical (unpaired) electrons. The zero-order chi connectivity index (χ0) is 22.4. The van der Waals surface area contributed by atoms with Crippen molar-refractivity contribution in [2.75, 3.05) is 18.5 Å². The molecule has 4 aromatic rings. The van der Waals surface area contributed by atoms with Crippen LogP contribution >= 0.6 is 11.6 Å². The smallest absolute Gasteiger partial charge is 0.278 e. The van der Waals surface area contributed by atoms with Gasteiger partial charge < -0.3 is 4.90 Å². The minimum atomic E-state index is -0.554. The number of anilines is 2. The molecule has 1 amide bonds. The molecule has 9 heteroatoms. The number of pyridine rings is 1. The summed E-state index contributed by atoms with van der Waals surface area (Å²) in [6.45, 7) is 0.639. The van der Waals surface area contributed by atoms with E-state index in [4.69, 9.17) is 11.6 Å². The molecular formula is C23H17ClFN5O2. The largest absolute Gasteiger partial charge is 0.325 e. The van der Waals surface area contributed by atoms with Gasteiger partial charge in [-0.1, -0.05) is 17.7 Å². The number of halogens is 2. The molecule has 0 bridgehead atoms. The van der Waals surface area contributed by atoms with Crippen molar-refractivity contribution in [3.8, 4) is 11.1 Å². The summed E-state index contributed by atoms with van der Waals surface area (Å²) in [5, 5.41) is 10.8. The van der Waals surface area contributed by atoms with Crippen LogP contribution in [0.25, 0.3) is 22.0 Å². The third kappa shape index (κ3) is 3.43. The third-order valence-electron chi connectivity index (χ3n) is 5.50. The predicted molar refractivity (Wildman–Crippen MR) is 119 cm³/mol. The highest BCUT2D eigenvalue weighted by Crippen LogP contribution is 2.39. The van der Waals surface area contributed by atoms with Gasteiger partial charge in [-0.15, -0.1) is 0 Å². The Morgan fingerprint density at radius 2 is 2.00 bits per heavy atom. The molecule has 160 valence electrons. The molecule has 0 atom stereocenters. The lowest BCUT2D eigenvalue weighted by Gasteiger charge is -2.20. The number of benzene rings is 2. The van der Waals surface area contributed by atoms with Gasteiger partial charge in [-0.25, -0.2) is 19.4 Å². The fourth-order valence-electron chi connectivity index (χ4n) is 3.94. The Morgan fingerprint density at radius 3 is 2.81 bits per heavy atom. The number of hydroxylamine groups is 2. The van der Waals surface area contributed by atoms with E-state index in [1.165, 1.54) is 25.6 Å². The van der Waals surface area contributed by atoms with Gasteiger partial charge in [0, 0.05) is 42.6 Å². The zero-order valence-corrected chi connectivity index (χ0v) is 17.7. The molecule has 1 aliphatic heterocycles. The number of aromatic nitrogens is 3. The second-order valence-electron chi connectivity index (χ2n) is 7.52. The number of nitrogens with zero attached hydrogens (tertiary/aromatic N) is 5. The van der Waals surface area contributed by atoms with Gasteiger partial charge >= 0.3 is 0 Å². The Balaban J connectivity index is 1.61. The number of carbonyl (C=O) groups excluding carboxylic acids is 1. The van der Waals surface area contributed by atoms with E-state index >= 15 is 0 Å². The highest BCUT2D eigenvalue weighted by molar-refractivity contribution is 6.31. The predicted octanol–water partition coefficient (Wildman–Crippen LogP) is 4.64. The van der Waals surface area contributed by atoms with Gasteiger partial charge in [0.2, 0.25) is 0 Å². The second-order valence-corrected chi connectivity index (χ2v) is 7.92. The maximum Gasteiger partial charge on any atom is 0.278 e. The lowest BCUT2D eigenvalue weighted by molar-refractivity contribution is -0.0375. The van der Waals surface area contributed by atoms with E-state index in [0.717, 1.165) is 27.7 Å². The molecule has 0 unspecified atom stereocenters. The van der Waals surface area contributed by atoms with E-state index in [9.17, 15) is 14.4 Å². The standard InChI is InChI=1S/C23H17ClFN5O2/c1-29(32)23(31)16-6-15(10-26-11-16)13-2-3-20-17(7-13)22(28-12-27-20)30-5-4-14-8-19(25)18(24)9-21(14)30/h2-3,6-12,32H,4-5H2,1H3. The molecule has 2 aromatic carbocycles. The summed E-state index contributed by atoms with van der Waals surface area (Å²) in [7, 11) is 1.26. The van der Waals surface area contributed by atoms with Crippen molar-refractivity contribution < 1.29 is 14.4 Å². The van der Waals surface area contributed by atoms with Gasteiger partial charge in [-0.2, -0.15) is 0 Å². The second kappa shape index (κ2) is 7.81. The third-order valence-corrected chi connectivity index (χ3v) is 5.79. The molecule has 0 fully saturated rings. The molecule has 0 saturated carbocycles. The molecule has 0 saturated heterocycles. The van der Waals surface area contributed by atoms with Crippen molar-refractivity contribution in [3.05, 3.63) is 77.1 Å². The lowest BCUT2D eigenvalue weighted by Crippen LogP contribution is -2.22. The van der Waals surface area contributed by atoms with E-state index in [2.05, 4.69) is 15.0 Å². The van der Waals surface area contributed by atoms with Crippen LogP contribution in [0.5, 0.6) is 0 Å². The average molecular weight is 450 g/mol. The van der Waals surface area contributed by atoms with Gasteiger partial charge in [0.25, 0.3) is 5.91 Å². The van der Waals surface area contributed by atoms with Crippen LogP contribution in [0.1, 0.15) is 15.9 Å². The molecule has 1 aliphatic rings. The Morgan fingerprint density at radius 1 is 1.16 bits per heavy atom. The molecule has 1 N–H and O–H groups in total. The van der Waals surface area contributed by atoms with Crippen LogP contribution in [0.15, 0.2) is 55.1 Å². The van der Waals surface area contributed by atoms with Crippen LogP contribution in [-0.4, -0.2) is 44.7 Å². The van der Waals surface area contributed by atoms with Crippen LogP contribution < -0.4 is 4.90 Å². The SMILES string of the molecule is CN(O)C(=O)c1cncc(-c2ccc3ncnc(N4CCc5cc(F)c(Cl)cc54)c3c2)c1. The van der Waals surface area contributed by atoms with Crippen molar-refractivity contribution in [3.63, 3.8) is 0 Å². The van der Waals surface area contributed by atoms with E-state index < -0.39 is 11.7 Å². The number of carbonyl (C=O) groups is 1. The Hall–Kier alpha value is -3.62. The van der Waals surface area contributed by atoms with Gasteiger partial charge in [0.15, 0.2) is 0 Å². The molecule has 2 aromatic heterocycles. The van der Waals surface area contributed by atoms with Crippen molar-refractivity contribution in [2.24, 2.45) is 0 Å². The van der Waals surface area contributed by atoms with Crippen LogP contribution in [0.3, 0.4) is 0 Å². The lowest BCUT2D eigenvalue weighted by atomic mass is 10.0. The molecule has 5 rings (SSSR count). The molecule has 32 heavy (non-hydrogen) atoms. The number of amides is 1. The summed E-state index contributed by atoms with van der Waals surface area (Å²) >= 11 is 6.04. The van der Waals surface area contributed by atoms with Crippen molar-refractivity contribution >= 4 is 39.9 Å². The Labute approximate surface area is 187 Å². The number of fused-ring (bicyclic) bond motifs is 2. The van der Waals surface area contributed by atoms with Crippen LogP contribution in [0.2, 0.25) is 5.02 Å². The van der Waals surface area contributed by atoms with Crippen LogP contribution in [-0.2, 0) is 6.42 Å². The first kappa shape index (κ1) is 20.3. The van der Waals surface area contributed by atoms with Crippen molar-refractivity contribution in [1.29, 1.82) is 0 Å².